The minimum Gasteiger partial charge on any atom is -0.455 e. The number of benzene rings is 2. The van der Waals surface area contributed by atoms with E-state index in [-0.39, 0.29) is 11.9 Å². The minimum absolute atomic E-state index is 0.223. The summed E-state index contributed by atoms with van der Waals surface area (Å²) in [4.78, 5) is 14.4. The molecule has 0 amide bonds. The smallest absolute Gasteiger partial charge is 0.374 e. The maximum absolute atomic E-state index is 12.2. The number of carbonyl (C=O) groups is 1. The molecule has 0 fully saturated rings. The number of para-hydroxylation sites is 1. The summed E-state index contributed by atoms with van der Waals surface area (Å²) in [6.45, 7) is 3.36. The highest BCUT2D eigenvalue weighted by molar-refractivity contribution is 5.92. The van der Waals surface area contributed by atoms with E-state index in [1.165, 1.54) is 5.56 Å². The Morgan fingerprint density at radius 2 is 1.83 bits per heavy atom. The number of likely N-dealkylation sites (N-methyl/N-ethyl adjacent to an activating group) is 1. The van der Waals surface area contributed by atoms with Crippen LogP contribution in [0.5, 0.6) is 0 Å². The van der Waals surface area contributed by atoms with Gasteiger partial charge in [0.2, 0.25) is 5.76 Å². The lowest BCUT2D eigenvalue weighted by Gasteiger charge is -2.21. The highest BCUT2D eigenvalue weighted by Gasteiger charge is 2.17. The number of ether oxygens (including phenoxy) is 1. The molecule has 2 aromatic carbocycles. The zero-order valence-electron chi connectivity index (χ0n) is 13.9. The molecule has 4 nitrogen and oxygen atoms in total. The molecule has 3 aromatic rings. The van der Waals surface area contributed by atoms with Gasteiger partial charge in [0.15, 0.2) is 0 Å². The van der Waals surface area contributed by atoms with Gasteiger partial charge in [-0.05, 0) is 31.7 Å². The number of hydrogen-bond donors (Lipinski definition) is 0. The monoisotopic (exact) mass is 323 g/mol. The molecule has 0 bridgehead atoms. The van der Waals surface area contributed by atoms with Gasteiger partial charge in [0.05, 0.1) is 0 Å². The summed E-state index contributed by atoms with van der Waals surface area (Å²) < 4.78 is 11.0. The van der Waals surface area contributed by atoms with Crippen LogP contribution in [0, 0.1) is 0 Å². The topological polar surface area (TPSA) is 42.7 Å². The summed E-state index contributed by atoms with van der Waals surface area (Å²) in [6, 6.07) is 19.5. The molecule has 0 saturated heterocycles. The van der Waals surface area contributed by atoms with Crippen LogP contribution in [-0.4, -0.2) is 30.6 Å². The van der Waals surface area contributed by atoms with Crippen LogP contribution >= 0.6 is 0 Å². The summed E-state index contributed by atoms with van der Waals surface area (Å²) in [5.41, 5.74) is 1.93. The Bertz CT molecular complexity index is 777. The Morgan fingerprint density at radius 3 is 2.58 bits per heavy atom. The van der Waals surface area contributed by atoms with Crippen molar-refractivity contribution >= 4 is 16.9 Å². The lowest BCUT2D eigenvalue weighted by molar-refractivity contribution is 0.0236. The van der Waals surface area contributed by atoms with E-state index < -0.39 is 5.97 Å². The van der Waals surface area contributed by atoms with E-state index in [0.29, 0.717) is 12.1 Å². The van der Waals surface area contributed by atoms with Gasteiger partial charge in [0.25, 0.3) is 0 Å². The van der Waals surface area contributed by atoms with Crippen LogP contribution in [0.3, 0.4) is 0 Å². The Morgan fingerprint density at radius 1 is 1.12 bits per heavy atom. The van der Waals surface area contributed by atoms with Crippen LogP contribution in [0.15, 0.2) is 65.1 Å². The largest absolute Gasteiger partial charge is 0.455 e. The molecule has 1 aromatic heterocycles. The third kappa shape index (κ3) is 4.03. The average molecular weight is 323 g/mol. The first kappa shape index (κ1) is 16.3. The van der Waals surface area contributed by atoms with Gasteiger partial charge in [-0.15, -0.1) is 0 Å². The second kappa shape index (κ2) is 7.32. The maximum Gasteiger partial charge on any atom is 0.374 e. The Balaban J connectivity index is 1.55. The molecule has 3 rings (SSSR count). The SMILES string of the molecule is CC(CN(C)Cc1ccccc1)OC(=O)c1cc2ccccc2o1. The van der Waals surface area contributed by atoms with E-state index in [9.17, 15) is 4.79 Å². The molecule has 0 N–H and O–H groups in total. The van der Waals surface area contributed by atoms with Gasteiger partial charge in [-0.3, -0.25) is 4.90 Å². The first-order chi connectivity index (χ1) is 11.6. The van der Waals surface area contributed by atoms with Gasteiger partial charge in [0.1, 0.15) is 11.7 Å². The number of rotatable bonds is 6. The second-order valence-electron chi connectivity index (χ2n) is 6.05. The van der Waals surface area contributed by atoms with Gasteiger partial charge in [-0.2, -0.15) is 0 Å². The Hall–Kier alpha value is -2.59. The fourth-order valence-corrected chi connectivity index (χ4v) is 2.76. The van der Waals surface area contributed by atoms with Gasteiger partial charge < -0.3 is 9.15 Å². The normalized spacial score (nSPS) is 12.5. The summed E-state index contributed by atoms with van der Waals surface area (Å²) in [5.74, 6) is -0.180. The maximum atomic E-state index is 12.2. The number of carbonyl (C=O) groups excluding carboxylic acids is 1. The van der Waals surface area contributed by atoms with Crippen molar-refractivity contribution in [3.8, 4) is 0 Å². The molecule has 0 saturated carbocycles. The summed E-state index contributed by atoms with van der Waals surface area (Å²) in [6.07, 6.45) is -0.223. The fraction of sp³-hybridized carbons (Fsp3) is 0.250. The van der Waals surface area contributed by atoms with Crippen LogP contribution in [0.2, 0.25) is 0 Å². The van der Waals surface area contributed by atoms with Crippen molar-refractivity contribution in [3.63, 3.8) is 0 Å². The van der Waals surface area contributed by atoms with E-state index in [0.717, 1.165) is 11.9 Å². The molecule has 24 heavy (non-hydrogen) atoms. The van der Waals surface area contributed by atoms with Crippen LogP contribution in [0.4, 0.5) is 0 Å². The van der Waals surface area contributed by atoms with Crippen molar-refractivity contribution in [2.24, 2.45) is 0 Å². The molecule has 4 heteroatoms. The summed E-state index contributed by atoms with van der Waals surface area (Å²) >= 11 is 0. The van der Waals surface area contributed by atoms with Gasteiger partial charge >= 0.3 is 5.97 Å². The number of nitrogens with zero attached hydrogens (tertiary/aromatic N) is 1. The molecular formula is C20H21NO3. The quantitative estimate of drug-likeness (QED) is 0.640. The van der Waals surface area contributed by atoms with Gasteiger partial charge in [-0.1, -0.05) is 48.5 Å². The third-order valence-corrected chi connectivity index (χ3v) is 3.80. The van der Waals surface area contributed by atoms with E-state index in [4.69, 9.17) is 9.15 Å². The Labute approximate surface area is 141 Å². The molecule has 0 aliphatic heterocycles. The van der Waals surface area contributed by atoms with Crippen molar-refractivity contribution < 1.29 is 13.9 Å². The summed E-state index contributed by atoms with van der Waals surface area (Å²) in [7, 11) is 2.01. The van der Waals surface area contributed by atoms with Crippen LogP contribution in [0.1, 0.15) is 23.0 Å². The highest BCUT2D eigenvalue weighted by Crippen LogP contribution is 2.19. The fourth-order valence-electron chi connectivity index (χ4n) is 2.76. The first-order valence-corrected chi connectivity index (χ1v) is 8.04. The zero-order valence-corrected chi connectivity index (χ0v) is 13.9. The molecule has 1 atom stereocenters. The second-order valence-corrected chi connectivity index (χ2v) is 6.05. The average Bonchev–Trinajstić information content (AvgIpc) is 2.99. The van der Waals surface area contributed by atoms with Crippen molar-refractivity contribution in [2.45, 2.75) is 19.6 Å². The van der Waals surface area contributed by atoms with Crippen LogP contribution < -0.4 is 0 Å². The molecular weight excluding hydrogens is 302 g/mol. The van der Waals surface area contributed by atoms with Crippen molar-refractivity contribution in [1.82, 2.24) is 4.90 Å². The number of furan rings is 1. The predicted octanol–water partition coefficient (Wildman–Crippen LogP) is 4.11. The van der Waals surface area contributed by atoms with Gasteiger partial charge in [0, 0.05) is 18.5 Å². The summed E-state index contributed by atoms with van der Waals surface area (Å²) in [5, 5.41) is 0.901. The first-order valence-electron chi connectivity index (χ1n) is 8.04. The molecule has 124 valence electrons. The van der Waals surface area contributed by atoms with Gasteiger partial charge in [-0.25, -0.2) is 4.79 Å². The molecule has 1 unspecified atom stereocenters. The highest BCUT2D eigenvalue weighted by atomic mass is 16.6. The molecule has 0 spiro atoms. The third-order valence-electron chi connectivity index (χ3n) is 3.80. The van der Waals surface area contributed by atoms with E-state index in [1.54, 1.807) is 6.07 Å². The molecule has 1 heterocycles. The van der Waals surface area contributed by atoms with Crippen molar-refractivity contribution in [3.05, 3.63) is 72.0 Å². The van der Waals surface area contributed by atoms with Crippen molar-refractivity contribution in [1.29, 1.82) is 0 Å². The number of fused-ring (bicyclic) bond motifs is 1. The zero-order chi connectivity index (χ0) is 16.9. The van der Waals surface area contributed by atoms with Crippen molar-refractivity contribution in [2.75, 3.05) is 13.6 Å². The number of esters is 1. The lowest BCUT2D eigenvalue weighted by Crippen LogP contribution is -2.30. The molecule has 0 aliphatic rings. The van der Waals surface area contributed by atoms with E-state index in [2.05, 4.69) is 17.0 Å². The molecule has 0 radical (unpaired) electrons. The van der Waals surface area contributed by atoms with E-state index >= 15 is 0 Å². The Kier molecular flexibility index (Phi) is 4.96. The minimum atomic E-state index is -0.424. The van der Waals surface area contributed by atoms with Crippen LogP contribution in [0.25, 0.3) is 11.0 Å². The molecule has 0 aliphatic carbocycles. The predicted molar refractivity (Wildman–Crippen MR) is 93.9 cm³/mol. The van der Waals surface area contributed by atoms with Crippen LogP contribution in [-0.2, 0) is 11.3 Å². The van der Waals surface area contributed by atoms with E-state index in [1.807, 2.05) is 56.4 Å². The lowest BCUT2D eigenvalue weighted by atomic mass is 10.2. The number of hydrogen-bond acceptors (Lipinski definition) is 4. The standard InChI is InChI=1S/C20H21NO3/c1-15(13-21(2)14-16-8-4-3-5-9-16)23-20(22)19-12-17-10-6-7-11-18(17)24-19/h3-12,15H,13-14H2,1-2H3.